The van der Waals surface area contributed by atoms with Crippen LogP contribution in [0.15, 0.2) is 18.2 Å². The van der Waals surface area contributed by atoms with Gasteiger partial charge in [0.25, 0.3) is 11.6 Å². The Morgan fingerprint density at radius 3 is 2.73 bits per heavy atom. The number of non-ortho nitro benzene ring substituents is 1. The summed E-state index contributed by atoms with van der Waals surface area (Å²) in [4.78, 5) is 35.8. The van der Waals surface area contributed by atoms with Gasteiger partial charge in [-0.25, -0.2) is 0 Å². The molecule has 1 saturated heterocycles. The summed E-state index contributed by atoms with van der Waals surface area (Å²) in [5.41, 5.74) is 5.63. The lowest BCUT2D eigenvalue weighted by Gasteiger charge is -2.35. The van der Waals surface area contributed by atoms with Crippen molar-refractivity contribution in [2.24, 2.45) is 5.73 Å². The van der Waals surface area contributed by atoms with Crippen LogP contribution < -0.4 is 5.73 Å². The summed E-state index contributed by atoms with van der Waals surface area (Å²) in [6.07, 6.45) is 2.73. The first-order valence-corrected chi connectivity index (χ1v) is 8.01. The molecule has 0 spiro atoms. The smallest absolute Gasteiger partial charge is 0.270 e. The Labute approximate surface area is 141 Å². The Morgan fingerprint density at radius 1 is 1.41 bits per heavy atom. The van der Waals surface area contributed by atoms with E-state index in [9.17, 15) is 19.7 Å². The van der Waals surface area contributed by atoms with Gasteiger partial charge in [-0.1, -0.05) is 0 Å². The quantitative estimate of drug-likeness (QED) is 0.460. The molecule has 22 heavy (non-hydrogen) atoms. The maximum atomic E-state index is 12.7. The summed E-state index contributed by atoms with van der Waals surface area (Å²) < 4.78 is 0.528. The number of likely N-dealkylation sites (tertiary alicyclic amines) is 1. The Kier molecular flexibility index (Phi) is 5.33. The van der Waals surface area contributed by atoms with Gasteiger partial charge in [0, 0.05) is 34.7 Å². The first kappa shape index (κ1) is 16.7. The third kappa shape index (κ3) is 3.73. The molecule has 1 aliphatic rings. The van der Waals surface area contributed by atoms with Gasteiger partial charge in [-0.3, -0.25) is 19.7 Å². The van der Waals surface area contributed by atoms with E-state index < -0.39 is 10.8 Å². The molecular formula is C14H16IN3O4. The number of halogens is 1. The van der Waals surface area contributed by atoms with Crippen LogP contribution in [0.25, 0.3) is 0 Å². The molecule has 2 amide bonds. The number of rotatable bonds is 4. The molecule has 1 unspecified atom stereocenters. The van der Waals surface area contributed by atoms with Crippen molar-refractivity contribution in [3.8, 4) is 0 Å². The highest BCUT2D eigenvalue weighted by Crippen LogP contribution is 2.25. The van der Waals surface area contributed by atoms with Crippen molar-refractivity contribution in [3.63, 3.8) is 0 Å². The SMILES string of the molecule is NC(=O)CC1CCCCN1C(=O)c1ccc([N+](=O)[O-])cc1I. The third-order valence-corrected chi connectivity index (χ3v) is 4.61. The summed E-state index contributed by atoms with van der Waals surface area (Å²) >= 11 is 1.92. The average Bonchev–Trinajstić information content (AvgIpc) is 2.46. The summed E-state index contributed by atoms with van der Waals surface area (Å²) in [6, 6.07) is 3.98. The molecule has 2 N–H and O–H groups in total. The third-order valence-electron chi connectivity index (χ3n) is 3.72. The molecule has 118 valence electrons. The van der Waals surface area contributed by atoms with E-state index in [1.54, 1.807) is 4.90 Å². The molecular weight excluding hydrogens is 401 g/mol. The molecule has 1 aromatic carbocycles. The van der Waals surface area contributed by atoms with Crippen molar-refractivity contribution in [1.82, 2.24) is 4.90 Å². The van der Waals surface area contributed by atoms with E-state index in [-0.39, 0.29) is 24.1 Å². The van der Waals surface area contributed by atoms with Crippen LogP contribution in [0.4, 0.5) is 5.69 Å². The summed E-state index contributed by atoms with van der Waals surface area (Å²) in [6.45, 7) is 0.573. The van der Waals surface area contributed by atoms with E-state index in [1.807, 2.05) is 22.6 Å². The molecule has 1 heterocycles. The second-order valence-electron chi connectivity index (χ2n) is 5.24. The van der Waals surface area contributed by atoms with Crippen molar-refractivity contribution in [2.75, 3.05) is 6.54 Å². The predicted molar refractivity (Wildman–Crippen MR) is 88.3 cm³/mol. The van der Waals surface area contributed by atoms with E-state index in [4.69, 9.17) is 5.73 Å². The molecule has 0 aliphatic carbocycles. The van der Waals surface area contributed by atoms with Crippen LogP contribution in [0, 0.1) is 13.7 Å². The second kappa shape index (κ2) is 7.03. The van der Waals surface area contributed by atoms with Crippen LogP contribution in [0.1, 0.15) is 36.0 Å². The van der Waals surface area contributed by atoms with Crippen LogP contribution in [0.5, 0.6) is 0 Å². The zero-order valence-corrected chi connectivity index (χ0v) is 14.0. The standard InChI is InChI=1S/C14H16IN3O4/c15-12-7-10(18(21)22)4-5-11(12)14(20)17-6-2-1-3-9(17)8-13(16)19/h4-5,7,9H,1-3,6,8H2,(H2,16,19). The number of hydrogen-bond acceptors (Lipinski definition) is 4. The Morgan fingerprint density at radius 2 is 2.14 bits per heavy atom. The van der Waals surface area contributed by atoms with Crippen LogP contribution in [-0.4, -0.2) is 34.2 Å². The second-order valence-corrected chi connectivity index (χ2v) is 6.40. The van der Waals surface area contributed by atoms with Crippen LogP contribution in [-0.2, 0) is 4.79 Å². The number of nitrogens with zero attached hydrogens (tertiary/aromatic N) is 2. The van der Waals surface area contributed by atoms with Crippen molar-refractivity contribution in [3.05, 3.63) is 37.4 Å². The van der Waals surface area contributed by atoms with E-state index in [2.05, 4.69) is 0 Å². The van der Waals surface area contributed by atoms with Gasteiger partial charge in [0.15, 0.2) is 0 Å². The lowest BCUT2D eigenvalue weighted by atomic mass is 9.98. The molecule has 0 radical (unpaired) electrons. The maximum Gasteiger partial charge on any atom is 0.270 e. The number of nitro groups is 1. The molecule has 7 nitrogen and oxygen atoms in total. The van der Waals surface area contributed by atoms with Crippen molar-refractivity contribution >= 4 is 40.1 Å². The predicted octanol–water partition coefficient (Wildman–Crippen LogP) is 2.07. The van der Waals surface area contributed by atoms with Crippen LogP contribution in [0.2, 0.25) is 0 Å². The van der Waals surface area contributed by atoms with Gasteiger partial charge in [0.1, 0.15) is 0 Å². The lowest BCUT2D eigenvalue weighted by molar-refractivity contribution is -0.384. The number of carbonyl (C=O) groups excluding carboxylic acids is 2. The minimum absolute atomic E-state index is 0.0479. The molecule has 1 aromatic rings. The van der Waals surface area contributed by atoms with Crippen molar-refractivity contribution in [1.29, 1.82) is 0 Å². The number of nitrogens with two attached hydrogens (primary N) is 1. The number of hydrogen-bond donors (Lipinski definition) is 1. The average molecular weight is 417 g/mol. The zero-order chi connectivity index (χ0) is 16.3. The van der Waals surface area contributed by atoms with Gasteiger partial charge in [-0.2, -0.15) is 0 Å². The van der Waals surface area contributed by atoms with Gasteiger partial charge in [0.05, 0.1) is 10.5 Å². The zero-order valence-electron chi connectivity index (χ0n) is 11.8. The lowest BCUT2D eigenvalue weighted by Crippen LogP contribution is -2.45. The topological polar surface area (TPSA) is 107 Å². The molecule has 1 atom stereocenters. The van der Waals surface area contributed by atoms with Crippen LogP contribution >= 0.6 is 22.6 Å². The number of benzene rings is 1. The monoisotopic (exact) mass is 417 g/mol. The summed E-state index contributed by atoms with van der Waals surface area (Å²) in [5, 5.41) is 10.8. The summed E-state index contributed by atoms with van der Waals surface area (Å²) in [7, 11) is 0. The van der Waals surface area contributed by atoms with Crippen LogP contribution in [0.3, 0.4) is 0 Å². The largest absolute Gasteiger partial charge is 0.370 e. The molecule has 0 aromatic heterocycles. The number of piperidine rings is 1. The fourth-order valence-corrected chi connectivity index (χ4v) is 3.39. The summed E-state index contributed by atoms with van der Waals surface area (Å²) in [5.74, 6) is -0.631. The van der Waals surface area contributed by atoms with E-state index in [0.29, 0.717) is 15.7 Å². The molecule has 0 bridgehead atoms. The van der Waals surface area contributed by atoms with E-state index in [0.717, 1.165) is 19.3 Å². The Bertz CT molecular complexity index is 620. The molecule has 2 rings (SSSR count). The minimum Gasteiger partial charge on any atom is -0.370 e. The van der Waals surface area contributed by atoms with Gasteiger partial charge in [0.2, 0.25) is 5.91 Å². The maximum absolute atomic E-state index is 12.7. The molecule has 0 saturated carbocycles. The van der Waals surface area contributed by atoms with E-state index >= 15 is 0 Å². The normalized spacial score (nSPS) is 18.0. The highest BCUT2D eigenvalue weighted by Gasteiger charge is 2.29. The van der Waals surface area contributed by atoms with E-state index in [1.165, 1.54) is 18.2 Å². The number of primary amides is 1. The fourth-order valence-electron chi connectivity index (χ4n) is 2.66. The van der Waals surface area contributed by atoms with Crippen molar-refractivity contribution in [2.45, 2.75) is 31.7 Å². The molecule has 8 heteroatoms. The number of carbonyl (C=O) groups is 2. The highest BCUT2D eigenvalue weighted by molar-refractivity contribution is 14.1. The Hall–Kier alpha value is -1.71. The van der Waals surface area contributed by atoms with Gasteiger partial charge in [-0.15, -0.1) is 0 Å². The van der Waals surface area contributed by atoms with Gasteiger partial charge >= 0.3 is 0 Å². The molecule has 1 fully saturated rings. The molecule has 1 aliphatic heterocycles. The fraction of sp³-hybridized carbons (Fsp3) is 0.429. The number of amides is 2. The van der Waals surface area contributed by atoms with Crippen molar-refractivity contribution < 1.29 is 14.5 Å². The first-order valence-electron chi connectivity index (χ1n) is 6.93. The Balaban J connectivity index is 2.25. The number of nitro benzene ring substituents is 1. The van der Waals surface area contributed by atoms with Gasteiger partial charge < -0.3 is 10.6 Å². The first-order chi connectivity index (χ1) is 10.4. The minimum atomic E-state index is -0.493. The highest BCUT2D eigenvalue weighted by atomic mass is 127. The van der Waals surface area contributed by atoms with Gasteiger partial charge in [-0.05, 0) is 47.9 Å².